The Labute approximate surface area is 132 Å². The summed E-state index contributed by atoms with van der Waals surface area (Å²) in [7, 11) is 0. The second-order valence-electron chi connectivity index (χ2n) is 5.16. The summed E-state index contributed by atoms with van der Waals surface area (Å²) < 4.78 is 7.59. The van der Waals surface area contributed by atoms with Gasteiger partial charge in [-0.15, -0.1) is 10.2 Å². The van der Waals surface area contributed by atoms with Crippen molar-refractivity contribution in [3.05, 3.63) is 23.0 Å². The molecular weight excluding hydrogens is 302 g/mol. The van der Waals surface area contributed by atoms with Crippen molar-refractivity contribution in [3.8, 4) is 0 Å². The Morgan fingerprint density at radius 3 is 3.05 bits per heavy atom. The van der Waals surface area contributed by atoms with E-state index in [9.17, 15) is 4.79 Å². The molecule has 1 aliphatic heterocycles. The van der Waals surface area contributed by atoms with E-state index in [2.05, 4.69) is 20.6 Å². The van der Waals surface area contributed by atoms with Gasteiger partial charge in [-0.3, -0.25) is 9.48 Å². The first kappa shape index (κ1) is 15.1. The second-order valence-corrected chi connectivity index (χ2v) is 6.22. The van der Waals surface area contributed by atoms with Crippen molar-refractivity contribution in [2.45, 2.75) is 39.3 Å². The third-order valence-electron chi connectivity index (χ3n) is 3.73. The predicted molar refractivity (Wildman–Crippen MR) is 82.6 cm³/mol. The van der Waals surface area contributed by atoms with Gasteiger partial charge in [-0.1, -0.05) is 18.3 Å². The van der Waals surface area contributed by atoms with Crippen LogP contribution in [0.3, 0.4) is 0 Å². The molecule has 22 heavy (non-hydrogen) atoms. The Kier molecular flexibility index (Phi) is 4.49. The topological polar surface area (TPSA) is 81.9 Å². The SMILES string of the molecule is CCc1nnc(NC(=O)[C@H]2CCO[C@@H]2c2cnn(CC)c2)s1. The molecule has 0 spiro atoms. The van der Waals surface area contributed by atoms with Crippen molar-refractivity contribution in [2.75, 3.05) is 11.9 Å². The molecule has 8 heteroatoms. The zero-order chi connectivity index (χ0) is 15.5. The lowest BCUT2D eigenvalue weighted by Crippen LogP contribution is -2.25. The Balaban J connectivity index is 1.70. The summed E-state index contributed by atoms with van der Waals surface area (Å²) in [4.78, 5) is 12.5. The van der Waals surface area contributed by atoms with Gasteiger partial charge in [0.05, 0.1) is 18.2 Å². The molecule has 1 amide bonds. The van der Waals surface area contributed by atoms with Crippen LogP contribution in [0.15, 0.2) is 12.4 Å². The maximum absolute atomic E-state index is 12.5. The molecule has 2 aromatic heterocycles. The fourth-order valence-electron chi connectivity index (χ4n) is 2.53. The lowest BCUT2D eigenvalue weighted by molar-refractivity contribution is -0.121. The third kappa shape index (κ3) is 3.02. The number of hydrogen-bond donors (Lipinski definition) is 1. The highest BCUT2D eigenvalue weighted by atomic mass is 32.1. The monoisotopic (exact) mass is 321 g/mol. The summed E-state index contributed by atoms with van der Waals surface area (Å²) in [5, 5.41) is 16.6. The van der Waals surface area contributed by atoms with Crippen LogP contribution in [0.25, 0.3) is 0 Å². The van der Waals surface area contributed by atoms with Crippen molar-refractivity contribution in [1.29, 1.82) is 0 Å². The third-order valence-corrected chi connectivity index (χ3v) is 4.72. The van der Waals surface area contributed by atoms with E-state index in [-0.39, 0.29) is 17.9 Å². The number of aromatic nitrogens is 4. The minimum Gasteiger partial charge on any atom is -0.373 e. The number of anilines is 1. The molecule has 1 aliphatic rings. The van der Waals surface area contributed by atoms with Crippen LogP contribution in [0.5, 0.6) is 0 Å². The van der Waals surface area contributed by atoms with E-state index in [0.29, 0.717) is 18.2 Å². The van der Waals surface area contributed by atoms with Gasteiger partial charge in [0.1, 0.15) is 5.01 Å². The van der Waals surface area contributed by atoms with E-state index < -0.39 is 0 Å². The normalized spacial score (nSPS) is 21.2. The molecule has 3 heterocycles. The Hall–Kier alpha value is -1.80. The number of rotatable bonds is 5. The van der Waals surface area contributed by atoms with Crippen LogP contribution in [-0.2, 0) is 22.5 Å². The summed E-state index contributed by atoms with van der Waals surface area (Å²) in [5.74, 6) is -0.283. The summed E-state index contributed by atoms with van der Waals surface area (Å²) in [6, 6.07) is 0. The van der Waals surface area contributed by atoms with Crippen molar-refractivity contribution in [2.24, 2.45) is 5.92 Å². The highest BCUT2D eigenvalue weighted by Gasteiger charge is 2.36. The molecule has 2 atom stereocenters. The second kappa shape index (κ2) is 6.53. The van der Waals surface area contributed by atoms with Gasteiger partial charge in [-0.2, -0.15) is 5.10 Å². The van der Waals surface area contributed by atoms with Crippen LogP contribution in [0.1, 0.15) is 36.9 Å². The largest absolute Gasteiger partial charge is 0.373 e. The minimum atomic E-state index is -0.237. The van der Waals surface area contributed by atoms with E-state index in [1.54, 1.807) is 6.20 Å². The van der Waals surface area contributed by atoms with Gasteiger partial charge in [-0.05, 0) is 19.8 Å². The number of ether oxygens (including phenoxy) is 1. The first-order valence-corrected chi connectivity index (χ1v) is 8.30. The molecule has 0 aliphatic carbocycles. The van der Waals surface area contributed by atoms with Gasteiger partial charge in [0.25, 0.3) is 0 Å². The van der Waals surface area contributed by atoms with Gasteiger partial charge >= 0.3 is 0 Å². The number of carbonyl (C=O) groups excluding carboxylic acids is 1. The highest BCUT2D eigenvalue weighted by molar-refractivity contribution is 7.15. The molecular formula is C14H19N5O2S. The molecule has 1 fully saturated rings. The molecule has 0 aromatic carbocycles. The maximum atomic E-state index is 12.5. The van der Waals surface area contributed by atoms with Crippen LogP contribution in [0.2, 0.25) is 0 Å². The van der Waals surface area contributed by atoms with Gasteiger partial charge in [0.15, 0.2) is 0 Å². The van der Waals surface area contributed by atoms with Crippen LogP contribution in [-0.4, -0.2) is 32.5 Å². The number of hydrogen-bond acceptors (Lipinski definition) is 6. The van der Waals surface area contributed by atoms with Crippen LogP contribution < -0.4 is 5.32 Å². The highest BCUT2D eigenvalue weighted by Crippen LogP contribution is 2.35. The fraction of sp³-hybridized carbons (Fsp3) is 0.571. The fourth-order valence-corrected chi connectivity index (χ4v) is 3.21. The summed E-state index contributed by atoms with van der Waals surface area (Å²) in [5.41, 5.74) is 0.950. The minimum absolute atomic E-state index is 0.0643. The van der Waals surface area contributed by atoms with E-state index in [4.69, 9.17) is 4.74 Å². The van der Waals surface area contributed by atoms with Gasteiger partial charge in [0, 0.05) is 24.9 Å². The van der Waals surface area contributed by atoms with Crippen molar-refractivity contribution in [3.63, 3.8) is 0 Å². The molecule has 1 saturated heterocycles. The van der Waals surface area contributed by atoms with Gasteiger partial charge < -0.3 is 10.1 Å². The van der Waals surface area contributed by atoms with Gasteiger partial charge in [-0.25, -0.2) is 0 Å². The Morgan fingerprint density at radius 2 is 2.36 bits per heavy atom. The van der Waals surface area contributed by atoms with Crippen molar-refractivity contribution >= 4 is 22.4 Å². The molecule has 118 valence electrons. The zero-order valence-electron chi connectivity index (χ0n) is 12.7. The van der Waals surface area contributed by atoms with E-state index >= 15 is 0 Å². The molecule has 2 aromatic rings. The molecule has 0 saturated carbocycles. The zero-order valence-corrected chi connectivity index (χ0v) is 13.5. The molecule has 0 unspecified atom stereocenters. The van der Waals surface area contributed by atoms with Gasteiger partial charge in [0.2, 0.25) is 11.0 Å². The van der Waals surface area contributed by atoms with Crippen LogP contribution in [0, 0.1) is 5.92 Å². The number of carbonyl (C=O) groups is 1. The van der Waals surface area contributed by atoms with Crippen molar-refractivity contribution in [1.82, 2.24) is 20.0 Å². The molecule has 1 N–H and O–H groups in total. The Bertz CT molecular complexity index is 653. The first-order chi connectivity index (χ1) is 10.7. The van der Waals surface area contributed by atoms with E-state index in [0.717, 1.165) is 23.5 Å². The molecule has 7 nitrogen and oxygen atoms in total. The lowest BCUT2D eigenvalue weighted by atomic mass is 9.96. The van der Waals surface area contributed by atoms with Crippen LogP contribution in [0.4, 0.5) is 5.13 Å². The summed E-state index contributed by atoms with van der Waals surface area (Å²) in [6.07, 6.45) is 5.00. The summed E-state index contributed by atoms with van der Waals surface area (Å²) in [6.45, 7) is 5.42. The average molecular weight is 321 g/mol. The number of amides is 1. The Morgan fingerprint density at radius 1 is 1.50 bits per heavy atom. The standard InChI is InChI=1S/C14H19N5O2S/c1-3-11-17-18-14(22-11)16-13(20)10-5-6-21-12(10)9-7-15-19(4-2)8-9/h7-8,10,12H,3-6H2,1-2H3,(H,16,18,20)/t10-,12+/m0/s1. The molecule has 0 bridgehead atoms. The summed E-state index contributed by atoms with van der Waals surface area (Å²) >= 11 is 1.41. The smallest absolute Gasteiger partial charge is 0.232 e. The van der Waals surface area contributed by atoms with E-state index in [1.165, 1.54) is 11.3 Å². The van der Waals surface area contributed by atoms with Crippen molar-refractivity contribution < 1.29 is 9.53 Å². The first-order valence-electron chi connectivity index (χ1n) is 7.48. The predicted octanol–water partition coefficient (Wildman–Crippen LogP) is 2.03. The average Bonchev–Trinajstić information content (AvgIpc) is 3.26. The quantitative estimate of drug-likeness (QED) is 0.911. The lowest BCUT2D eigenvalue weighted by Gasteiger charge is -2.15. The molecule has 3 rings (SSSR count). The van der Waals surface area contributed by atoms with E-state index in [1.807, 2.05) is 24.7 Å². The van der Waals surface area contributed by atoms with Crippen LogP contribution >= 0.6 is 11.3 Å². The molecule has 0 radical (unpaired) electrons. The maximum Gasteiger partial charge on any atom is 0.232 e. The number of nitrogens with one attached hydrogen (secondary N) is 1. The number of nitrogens with zero attached hydrogens (tertiary/aromatic N) is 4. The number of aryl methyl sites for hydroxylation is 2.